The van der Waals surface area contributed by atoms with Crippen LogP contribution in [0.2, 0.25) is 0 Å². The summed E-state index contributed by atoms with van der Waals surface area (Å²) in [6.07, 6.45) is 0.939. The van der Waals surface area contributed by atoms with Crippen molar-refractivity contribution in [2.24, 2.45) is 11.8 Å². The van der Waals surface area contributed by atoms with Crippen molar-refractivity contribution in [3.63, 3.8) is 0 Å². The Labute approximate surface area is 217 Å². The molecule has 0 fully saturated rings. The van der Waals surface area contributed by atoms with Gasteiger partial charge in [0.05, 0.1) is 12.7 Å². The number of hydrogen-bond acceptors (Lipinski definition) is 6. The molecule has 0 saturated carbocycles. The Bertz CT molecular complexity index is 1350. The average molecular weight is 534 g/mol. The summed E-state index contributed by atoms with van der Waals surface area (Å²) in [5.41, 5.74) is -0.232. The number of rotatable bonds is 2. The molecule has 3 aliphatic rings. The van der Waals surface area contributed by atoms with Gasteiger partial charge in [0.15, 0.2) is 11.5 Å². The highest BCUT2D eigenvalue weighted by molar-refractivity contribution is 7.99. The Morgan fingerprint density at radius 3 is 2.59 bits per heavy atom. The van der Waals surface area contributed by atoms with Crippen molar-refractivity contribution in [3.05, 3.63) is 81.3 Å². The van der Waals surface area contributed by atoms with Gasteiger partial charge in [-0.05, 0) is 42.9 Å². The van der Waals surface area contributed by atoms with Gasteiger partial charge >= 0.3 is 6.18 Å². The SMILES string of the molecule is CC1C=CC2=C(CSc3ccccc3[C@H]2N2CN([C@H](C)C(F)(F)F)C(C)(O)c3c(O)c(=O)ccn32)C1C. The van der Waals surface area contributed by atoms with Gasteiger partial charge in [0.2, 0.25) is 5.43 Å². The number of alkyl halides is 3. The molecule has 0 radical (unpaired) electrons. The number of halogens is 3. The highest BCUT2D eigenvalue weighted by Gasteiger charge is 2.53. The lowest BCUT2D eigenvalue weighted by Crippen LogP contribution is -2.65. The topological polar surface area (TPSA) is 68.9 Å². The van der Waals surface area contributed by atoms with E-state index in [-0.39, 0.29) is 18.3 Å². The summed E-state index contributed by atoms with van der Waals surface area (Å²) < 4.78 is 43.6. The molecular weight excluding hydrogens is 503 g/mol. The first-order valence-corrected chi connectivity index (χ1v) is 13.2. The number of thioether (sulfide) groups is 1. The molecule has 2 aliphatic heterocycles. The van der Waals surface area contributed by atoms with E-state index in [1.165, 1.54) is 29.4 Å². The lowest BCUT2D eigenvalue weighted by atomic mass is 9.79. The van der Waals surface area contributed by atoms with Crippen LogP contribution < -0.4 is 10.4 Å². The first-order chi connectivity index (χ1) is 17.3. The Balaban J connectivity index is 1.79. The minimum Gasteiger partial charge on any atom is -0.503 e. The maximum Gasteiger partial charge on any atom is 0.403 e. The zero-order valence-corrected chi connectivity index (χ0v) is 21.8. The summed E-state index contributed by atoms with van der Waals surface area (Å²) >= 11 is 1.70. The molecule has 10 heteroatoms. The molecule has 6 nitrogen and oxygen atoms in total. The molecule has 0 spiro atoms. The molecule has 0 bridgehead atoms. The molecule has 5 atom stereocenters. The predicted molar refractivity (Wildman–Crippen MR) is 137 cm³/mol. The molecule has 1 aromatic heterocycles. The van der Waals surface area contributed by atoms with Crippen molar-refractivity contribution in [2.45, 2.75) is 56.6 Å². The second-order valence-corrected chi connectivity index (χ2v) is 11.2. The van der Waals surface area contributed by atoms with E-state index < -0.39 is 35.2 Å². The molecule has 2 N–H and O–H groups in total. The van der Waals surface area contributed by atoms with Crippen LogP contribution in [0, 0.1) is 11.8 Å². The third-order valence-electron chi connectivity index (χ3n) is 8.05. The van der Waals surface area contributed by atoms with Crippen LogP contribution in [0.1, 0.15) is 45.0 Å². The third kappa shape index (κ3) is 4.09. The van der Waals surface area contributed by atoms with Crippen molar-refractivity contribution in [2.75, 3.05) is 17.4 Å². The van der Waals surface area contributed by atoms with Gasteiger partial charge in [-0.1, -0.05) is 49.8 Å². The maximum atomic E-state index is 14.0. The Kier molecular flexibility index (Phi) is 6.28. The fourth-order valence-electron chi connectivity index (χ4n) is 5.63. The van der Waals surface area contributed by atoms with E-state index in [0.717, 1.165) is 33.6 Å². The molecule has 1 aliphatic carbocycles. The lowest BCUT2D eigenvalue weighted by Gasteiger charge is -2.53. The summed E-state index contributed by atoms with van der Waals surface area (Å²) in [7, 11) is 0. The Morgan fingerprint density at radius 2 is 1.89 bits per heavy atom. The van der Waals surface area contributed by atoms with Crippen molar-refractivity contribution >= 4 is 11.8 Å². The van der Waals surface area contributed by atoms with Crippen LogP contribution in [0.3, 0.4) is 0 Å². The summed E-state index contributed by atoms with van der Waals surface area (Å²) in [5, 5.41) is 24.0. The fraction of sp³-hybridized carbons (Fsp3) is 0.444. The van der Waals surface area contributed by atoms with Gasteiger partial charge in [0.25, 0.3) is 0 Å². The normalized spacial score (nSPS) is 28.9. The van der Waals surface area contributed by atoms with Crippen molar-refractivity contribution in [3.8, 4) is 5.75 Å². The summed E-state index contributed by atoms with van der Waals surface area (Å²) in [6.45, 7) is 6.16. The summed E-state index contributed by atoms with van der Waals surface area (Å²) in [6, 6.07) is 6.39. The number of aromatic nitrogens is 1. The number of allylic oxidation sites excluding steroid dienone is 1. The van der Waals surface area contributed by atoms with Crippen molar-refractivity contribution < 1.29 is 23.4 Å². The van der Waals surface area contributed by atoms with Crippen LogP contribution in [0.4, 0.5) is 13.2 Å². The first-order valence-electron chi connectivity index (χ1n) is 12.2. The maximum absolute atomic E-state index is 14.0. The number of hydrogen-bond donors (Lipinski definition) is 2. The van der Waals surface area contributed by atoms with Crippen LogP contribution >= 0.6 is 11.8 Å². The zero-order valence-electron chi connectivity index (χ0n) is 21.0. The van der Waals surface area contributed by atoms with E-state index in [1.54, 1.807) is 16.8 Å². The van der Waals surface area contributed by atoms with Gasteiger partial charge in [-0.15, -0.1) is 11.8 Å². The number of aliphatic hydroxyl groups is 1. The average Bonchev–Trinajstić information content (AvgIpc) is 3.00. The van der Waals surface area contributed by atoms with Crippen LogP contribution in [0.5, 0.6) is 5.75 Å². The van der Waals surface area contributed by atoms with Crippen LogP contribution in [-0.2, 0) is 5.72 Å². The predicted octanol–water partition coefficient (Wildman–Crippen LogP) is 4.87. The van der Waals surface area contributed by atoms with E-state index in [0.29, 0.717) is 5.92 Å². The fourth-order valence-corrected chi connectivity index (χ4v) is 6.89. The molecular formula is C27H30F3N3O3S. The zero-order chi connectivity index (χ0) is 26.9. The van der Waals surface area contributed by atoms with E-state index >= 15 is 0 Å². The number of aromatic hydroxyl groups is 1. The van der Waals surface area contributed by atoms with Gasteiger partial charge in [-0.3, -0.25) is 14.5 Å². The van der Waals surface area contributed by atoms with Crippen LogP contribution in [-0.4, -0.2) is 44.4 Å². The Morgan fingerprint density at radius 1 is 1.19 bits per heavy atom. The highest BCUT2D eigenvalue weighted by Crippen LogP contribution is 2.48. The van der Waals surface area contributed by atoms with Gasteiger partial charge in [-0.2, -0.15) is 13.2 Å². The van der Waals surface area contributed by atoms with Crippen LogP contribution in [0.25, 0.3) is 0 Å². The molecule has 2 aromatic rings. The van der Waals surface area contributed by atoms with Gasteiger partial charge < -0.3 is 10.2 Å². The van der Waals surface area contributed by atoms with E-state index in [4.69, 9.17) is 0 Å². The molecule has 3 heterocycles. The minimum atomic E-state index is -4.65. The number of benzene rings is 1. The molecule has 5 rings (SSSR count). The Hall–Kier alpha value is -2.69. The highest BCUT2D eigenvalue weighted by atomic mass is 32.2. The van der Waals surface area contributed by atoms with E-state index in [2.05, 4.69) is 26.0 Å². The molecule has 3 unspecified atom stereocenters. The lowest BCUT2D eigenvalue weighted by molar-refractivity contribution is -0.236. The standard InChI is InChI=1S/C27H30F3N3O3S/c1-15-9-10-18-20(16(15)2)13-37-22-8-6-5-7-19(22)23(18)33-14-31(17(3)27(28,29)30)26(4,36)25-24(35)21(34)11-12-32(25)33/h5-12,15-17,23,35-36H,13-14H2,1-4H3/t15?,16?,17-,23+,26?/m1/s1. The first kappa shape index (κ1) is 25.9. The van der Waals surface area contributed by atoms with Crippen molar-refractivity contribution in [1.82, 2.24) is 9.58 Å². The van der Waals surface area contributed by atoms with Gasteiger partial charge in [-0.25, -0.2) is 4.90 Å². The van der Waals surface area contributed by atoms with Crippen molar-refractivity contribution in [1.29, 1.82) is 0 Å². The van der Waals surface area contributed by atoms with E-state index in [9.17, 15) is 28.2 Å². The number of pyridine rings is 1. The third-order valence-corrected chi connectivity index (χ3v) is 9.19. The molecule has 198 valence electrons. The largest absolute Gasteiger partial charge is 0.503 e. The summed E-state index contributed by atoms with van der Waals surface area (Å²) in [4.78, 5) is 14.3. The quantitative estimate of drug-likeness (QED) is 0.575. The molecule has 1 aromatic carbocycles. The minimum absolute atomic E-state index is 0.226. The molecule has 0 saturated heterocycles. The molecule has 0 amide bonds. The second-order valence-electron chi connectivity index (χ2n) is 10.2. The monoisotopic (exact) mass is 533 g/mol. The number of nitrogens with zero attached hydrogens (tertiary/aromatic N) is 3. The number of fused-ring (bicyclic) bond motifs is 2. The summed E-state index contributed by atoms with van der Waals surface area (Å²) in [5.74, 6) is 0.499. The van der Waals surface area contributed by atoms with E-state index in [1.807, 2.05) is 24.3 Å². The van der Waals surface area contributed by atoms with Gasteiger partial charge in [0.1, 0.15) is 11.7 Å². The van der Waals surface area contributed by atoms with Gasteiger partial charge in [0, 0.05) is 22.9 Å². The van der Waals surface area contributed by atoms with Crippen LogP contribution in [0.15, 0.2) is 69.5 Å². The second kappa shape index (κ2) is 8.96. The smallest absolute Gasteiger partial charge is 0.403 e. The molecule has 37 heavy (non-hydrogen) atoms.